The second-order valence-corrected chi connectivity index (χ2v) is 6.56. The molecule has 0 aliphatic carbocycles. The molecule has 0 aliphatic rings. The Bertz CT molecular complexity index is 850. The standard InChI is InChI=1S/C22H27N3O4/c1-5-12-29-19-9-6-17(7-10-19)14-25(3)15-22(27)24-20-13-18(23-16(2)26)8-11-21(20)28-4/h5-11,13H,1,12,14-15H2,2-4H3,(H,23,26)(H,24,27). The van der Waals surface area contributed by atoms with Crippen molar-refractivity contribution in [2.24, 2.45) is 0 Å². The summed E-state index contributed by atoms with van der Waals surface area (Å²) in [5.74, 6) is 0.926. The molecule has 0 unspecified atom stereocenters. The first kappa shape index (κ1) is 22.0. The van der Waals surface area contributed by atoms with Crippen molar-refractivity contribution in [1.82, 2.24) is 4.90 Å². The molecule has 0 aromatic heterocycles. The lowest BCUT2D eigenvalue weighted by Crippen LogP contribution is -2.30. The van der Waals surface area contributed by atoms with Crippen LogP contribution in [0.25, 0.3) is 0 Å². The molecule has 0 atom stereocenters. The van der Waals surface area contributed by atoms with E-state index in [1.165, 1.54) is 14.0 Å². The van der Waals surface area contributed by atoms with Crippen LogP contribution in [0.5, 0.6) is 11.5 Å². The first-order valence-corrected chi connectivity index (χ1v) is 9.18. The van der Waals surface area contributed by atoms with Crippen LogP contribution in [-0.4, -0.2) is 44.0 Å². The molecule has 2 amide bonds. The Morgan fingerprint density at radius 3 is 2.48 bits per heavy atom. The van der Waals surface area contributed by atoms with Crippen molar-refractivity contribution in [3.8, 4) is 11.5 Å². The largest absolute Gasteiger partial charge is 0.495 e. The summed E-state index contributed by atoms with van der Waals surface area (Å²) < 4.78 is 10.8. The van der Waals surface area contributed by atoms with E-state index in [9.17, 15) is 9.59 Å². The second-order valence-electron chi connectivity index (χ2n) is 6.56. The number of methoxy groups -OCH3 is 1. The van der Waals surface area contributed by atoms with Gasteiger partial charge in [0.15, 0.2) is 0 Å². The van der Waals surface area contributed by atoms with Gasteiger partial charge in [0.25, 0.3) is 0 Å². The summed E-state index contributed by atoms with van der Waals surface area (Å²) >= 11 is 0. The molecule has 7 nitrogen and oxygen atoms in total. The summed E-state index contributed by atoms with van der Waals surface area (Å²) in [5.41, 5.74) is 2.15. The smallest absolute Gasteiger partial charge is 0.238 e. The Kier molecular flexibility index (Phi) is 8.24. The van der Waals surface area contributed by atoms with E-state index in [0.29, 0.717) is 30.3 Å². The average molecular weight is 397 g/mol. The van der Waals surface area contributed by atoms with Crippen molar-refractivity contribution < 1.29 is 19.1 Å². The fourth-order valence-electron chi connectivity index (χ4n) is 2.74. The van der Waals surface area contributed by atoms with Gasteiger partial charge >= 0.3 is 0 Å². The molecular weight excluding hydrogens is 370 g/mol. The summed E-state index contributed by atoms with van der Waals surface area (Å²) in [4.78, 5) is 25.6. The van der Waals surface area contributed by atoms with Crippen LogP contribution in [0.15, 0.2) is 55.1 Å². The van der Waals surface area contributed by atoms with Gasteiger partial charge in [-0.1, -0.05) is 24.8 Å². The van der Waals surface area contributed by atoms with Gasteiger partial charge in [-0.2, -0.15) is 0 Å². The van der Waals surface area contributed by atoms with Crippen LogP contribution in [0, 0.1) is 0 Å². The molecule has 0 bridgehead atoms. The first-order valence-electron chi connectivity index (χ1n) is 9.18. The molecule has 7 heteroatoms. The predicted octanol–water partition coefficient (Wildman–Crippen LogP) is 3.29. The maximum Gasteiger partial charge on any atom is 0.238 e. The summed E-state index contributed by atoms with van der Waals surface area (Å²) in [6, 6.07) is 12.8. The van der Waals surface area contributed by atoms with Crippen LogP contribution >= 0.6 is 0 Å². The molecule has 29 heavy (non-hydrogen) atoms. The van der Waals surface area contributed by atoms with Crippen LogP contribution < -0.4 is 20.1 Å². The van der Waals surface area contributed by atoms with E-state index in [1.54, 1.807) is 24.3 Å². The molecule has 0 radical (unpaired) electrons. The number of anilines is 2. The predicted molar refractivity (Wildman–Crippen MR) is 114 cm³/mol. The SMILES string of the molecule is C=CCOc1ccc(CN(C)CC(=O)Nc2cc(NC(C)=O)ccc2OC)cc1. The molecule has 0 fully saturated rings. The fraction of sp³-hybridized carbons (Fsp3) is 0.273. The van der Waals surface area contributed by atoms with Crippen LogP contribution in [-0.2, 0) is 16.1 Å². The topological polar surface area (TPSA) is 79.9 Å². The van der Waals surface area contributed by atoms with Crippen LogP contribution in [0.1, 0.15) is 12.5 Å². The van der Waals surface area contributed by atoms with Gasteiger partial charge in [-0.3, -0.25) is 14.5 Å². The molecule has 0 spiro atoms. The molecule has 0 heterocycles. The van der Waals surface area contributed by atoms with E-state index in [2.05, 4.69) is 17.2 Å². The molecule has 2 aromatic rings. The molecule has 2 rings (SSSR count). The van der Waals surface area contributed by atoms with Gasteiger partial charge in [0.1, 0.15) is 18.1 Å². The van der Waals surface area contributed by atoms with Crippen molar-refractivity contribution in [3.63, 3.8) is 0 Å². The highest BCUT2D eigenvalue weighted by Gasteiger charge is 2.12. The molecule has 2 N–H and O–H groups in total. The number of carbonyl (C=O) groups excluding carboxylic acids is 2. The highest BCUT2D eigenvalue weighted by atomic mass is 16.5. The third-order valence-corrected chi connectivity index (χ3v) is 3.95. The van der Waals surface area contributed by atoms with Crippen molar-refractivity contribution >= 4 is 23.2 Å². The highest BCUT2D eigenvalue weighted by molar-refractivity contribution is 5.95. The molecule has 2 aromatic carbocycles. The number of benzene rings is 2. The molecule has 0 saturated heterocycles. The monoisotopic (exact) mass is 397 g/mol. The average Bonchev–Trinajstić information content (AvgIpc) is 2.67. The minimum Gasteiger partial charge on any atom is -0.495 e. The van der Waals surface area contributed by atoms with Gasteiger partial charge in [0, 0.05) is 19.2 Å². The van der Waals surface area contributed by atoms with Crippen LogP contribution in [0.4, 0.5) is 11.4 Å². The molecule has 0 saturated carbocycles. The number of amides is 2. The Morgan fingerprint density at radius 1 is 1.14 bits per heavy atom. The molecule has 154 valence electrons. The van der Waals surface area contributed by atoms with Crippen molar-refractivity contribution in [2.75, 3.05) is 37.9 Å². The van der Waals surface area contributed by atoms with E-state index >= 15 is 0 Å². The number of ether oxygens (including phenoxy) is 2. The lowest BCUT2D eigenvalue weighted by atomic mass is 10.2. The number of rotatable bonds is 10. The van der Waals surface area contributed by atoms with Gasteiger partial charge in [0.2, 0.25) is 11.8 Å². The maximum absolute atomic E-state index is 12.5. The quantitative estimate of drug-likeness (QED) is 0.602. The highest BCUT2D eigenvalue weighted by Crippen LogP contribution is 2.27. The Hall–Kier alpha value is -3.32. The number of hydrogen-bond donors (Lipinski definition) is 2. The Balaban J connectivity index is 1.94. The lowest BCUT2D eigenvalue weighted by molar-refractivity contribution is -0.117. The van der Waals surface area contributed by atoms with Crippen LogP contribution in [0.2, 0.25) is 0 Å². The number of likely N-dealkylation sites (N-methyl/N-ethyl adjacent to an activating group) is 1. The maximum atomic E-state index is 12.5. The lowest BCUT2D eigenvalue weighted by Gasteiger charge is -2.18. The second kappa shape index (κ2) is 10.9. The summed E-state index contributed by atoms with van der Waals surface area (Å²) in [6.45, 7) is 6.32. The summed E-state index contributed by atoms with van der Waals surface area (Å²) in [6.07, 6.45) is 1.70. The van der Waals surface area contributed by atoms with Crippen molar-refractivity contribution in [3.05, 3.63) is 60.7 Å². The Labute approximate surface area is 171 Å². The zero-order valence-corrected chi connectivity index (χ0v) is 17.0. The first-order chi connectivity index (χ1) is 13.9. The van der Waals surface area contributed by atoms with Crippen molar-refractivity contribution in [2.45, 2.75) is 13.5 Å². The van der Waals surface area contributed by atoms with Gasteiger partial charge < -0.3 is 20.1 Å². The zero-order valence-electron chi connectivity index (χ0n) is 17.0. The molecular formula is C22H27N3O4. The third-order valence-electron chi connectivity index (χ3n) is 3.95. The van der Waals surface area contributed by atoms with E-state index in [0.717, 1.165) is 11.3 Å². The van der Waals surface area contributed by atoms with Crippen LogP contribution in [0.3, 0.4) is 0 Å². The van der Waals surface area contributed by atoms with Gasteiger partial charge in [-0.25, -0.2) is 0 Å². The minimum absolute atomic E-state index is 0.184. The number of hydrogen-bond acceptors (Lipinski definition) is 5. The van der Waals surface area contributed by atoms with Gasteiger partial charge in [-0.15, -0.1) is 0 Å². The summed E-state index contributed by atoms with van der Waals surface area (Å²) in [7, 11) is 3.39. The zero-order chi connectivity index (χ0) is 21.2. The third kappa shape index (κ3) is 7.31. The minimum atomic E-state index is -0.187. The molecule has 0 aliphatic heterocycles. The fourth-order valence-corrected chi connectivity index (χ4v) is 2.74. The van der Waals surface area contributed by atoms with E-state index in [4.69, 9.17) is 9.47 Å². The van der Waals surface area contributed by atoms with Crippen molar-refractivity contribution in [1.29, 1.82) is 0 Å². The van der Waals surface area contributed by atoms with E-state index < -0.39 is 0 Å². The normalized spacial score (nSPS) is 10.3. The number of nitrogens with one attached hydrogen (secondary N) is 2. The number of carbonyl (C=O) groups is 2. The van der Waals surface area contributed by atoms with Gasteiger partial charge in [-0.05, 0) is 42.9 Å². The Morgan fingerprint density at radius 2 is 1.86 bits per heavy atom. The van der Waals surface area contributed by atoms with E-state index in [1.807, 2.05) is 36.2 Å². The van der Waals surface area contributed by atoms with Gasteiger partial charge in [0.05, 0.1) is 19.3 Å². The van der Waals surface area contributed by atoms with E-state index in [-0.39, 0.29) is 18.4 Å². The number of nitrogens with zero attached hydrogens (tertiary/aromatic N) is 1. The summed E-state index contributed by atoms with van der Waals surface area (Å²) in [5, 5.41) is 5.53.